The van der Waals surface area contributed by atoms with Crippen molar-refractivity contribution in [2.45, 2.75) is 6.10 Å². The predicted octanol–water partition coefficient (Wildman–Crippen LogP) is 1.72. The highest BCUT2D eigenvalue weighted by Gasteiger charge is 2.14. The molecule has 13 heavy (non-hydrogen) atoms. The molecule has 1 aromatic carbocycles. The molecule has 72 valence electrons. The fraction of sp³-hybridized carbons (Fsp3) is 0.250. The lowest BCUT2D eigenvalue weighted by atomic mass is 10.1. The van der Waals surface area contributed by atoms with Crippen LogP contribution in [0.25, 0.3) is 0 Å². The van der Waals surface area contributed by atoms with Crippen LogP contribution in [0, 0.1) is 11.6 Å². The van der Waals surface area contributed by atoms with Gasteiger partial charge in [-0.3, -0.25) is 0 Å². The topological polar surface area (TPSA) is 46.2 Å². The molecule has 1 rings (SSSR count). The van der Waals surface area contributed by atoms with Gasteiger partial charge in [0.05, 0.1) is 10.6 Å². The maximum atomic E-state index is 13.0. The van der Waals surface area contributed by atoms with Gasteiger partial charge in [-0.05, 0) is 22.0 Å². The van der Waals surface area contributed by atoms with Crippen LogP contribution >= 0.6 is 15.9 Å². The molecule has 0 heterocycles. The highest BCUT2D eigenvalue weighted by molar-refractivity contribution is 9.10. The Morgan fingerprint density at radius 1 is 1.38 bits per heavy atom. The fourth-order valence-corrected chi connectivity index (χ4v) is 1.28. The van der Waals surface area contributed by atoms with E-state index in [4.69, 9.17) is 5.73 Å². The first kappa shape index (κ1) is 10.6. The van der Waals surface area contributed by atoms with Gasteiger partial charge in [-0.1, -0.05) is 0 Å². The Morgan fingerprint density at radius 2 is 2.00 bits per heavy atom. The summed E-state index contributed by atoms with van der Waals surface area (Å²) in [6.07, 6.45) is -1.10. The predicted molar refractivity (Wildman–Crippen MR) is 48.1 cm³/mol. The van der Waals surface area contributed by atoms with Gasteiger partial charge in [0.15, 0.2) is 0 Å². The van der Waals surface area contributed by atoms with Crippen molar-refractivity contribution >= 4 is 15.9 Å². The first-order valence-corrected chi connectivity index (χ1v) is 4.38. The molecule has 0 saturated heterocycles. The summed E-state index contributed by atoms with van der Waals surface area (Å²) in [6, 6.07) is 1.89. The van der Waals surface area contributed by atoms with Crippen molar-refractivity contribution < 1.29 is 13.9 Å². The molecule has 1 atom stereocenters. The van der Waals surface area contributed by atoms with Crippen molar-refractivity contribution in [3.63, 3.8) is 0 Å². The molecule has 1 aromatic rings. The largest absolute Gasteiger partial charge is 0.387 e. The minimum Gasteiger partial charge on any atom is -0.387 e. The van der Waals surface area contributed by atoms with Crippen LogP contribution in [-0.2, 0) is 0 Å². The number of aliphatic hydroxyl groups is 1. The summed E-state index contributed by atoms with van der Waals surface area (Å²) in [5.74, 6) is -1.50. The summed E-state index contributed by atoms with van der Waals surface area (Å²) in [5, 5.41) is 9.22. The molecule has 5 heteroatoms. The molecule has 0 spiro atoms. The van der Waals surface area contributed by atoms with Gasteiger partial charge in [-0.2, -0.15) is 0 Å². The van der Waals surface area contributed by atoms with E-state index in [-0.39, 0.29) is 16.6 Å². The molecular weight excluding hydrogens is 244 g/mol. The molecule has 3 N–H and O–H groups in total. The second-order valence-corrected chi connectivity index (χ2v) is 3.39. The van der Waals surface area contributed by atoms with E-state index < -0.39 is 17.7 Å². The van der Waals surface area contributed by atoms with E-state index in [1.165, 1.54) is 6.07 Å². The second kappa shape index (κ2) is 4.13. The van der Waals surface area contributed by atoms with Crippen LogP contribution in [-0.4, -0.2) is 11.7 Å². The van der Waals surface area contributed by atoms with Gasteiger partial charge < -0.3 is 10.8 Å². The average Bonchev–Trinajstić information content (AvgIpc) is 2.10. The first-order chi connectivity index (χ1) is 6.06. The lowest BCUT2D eigenvalue weighted by molar-refractivity contribution is 0.181. The SMILES string of the molecule is NCC(O)c1cc(Br)c(F)cc1F. The molecule has 0 aromatic heterocycles. The summed E-state index contributed by atoms with van der Waals surface area (Å²) in [5.41, 5.74) is 5.13. The molecule has 0 aliphatic carbocycles. The van der Waals surface area contributed by atoms with Gasteiger partial charge in [0, 0.05) is 18.2 Å². The van der Waals surface area contributed by atoms with E-state index >= 15 is 0 Å². The minimum atomic E-state index is -1.10. The summed E-state index contributed by atoms with van der Waals surface area (Å²) in [4.78, 5) is 0. The van der Waals surface area contributed by atoms with Crippen molar-refractivity contribution in [3.8, 4) is 0 Å². The maximum absolute atomic E-state index is 13.0. The number of aliphatic hydroxyl groups excluding tert-OH is 1. The lowest BCUT2D eigenvalue weighted by Gasteiger charge is -2.09. The molecular formula is C8H8BrF2NO. The van der Waals surface area contributed by atoms with Crippen molar-refractivity contribution in [3.05, 3.63) is 33.8 Å². The Labute approximate surface area is 82.5 Å². The van der Waals surface area contributed by atoms with E-state index in [0.717, 1.165) is 0 Å². The summed E-state index contributed by atoms with van der Waals surface area (Å²) in [6.45, 7) is -0.102. The van der Waals surface area contributed by atoms with E-state index in [0.29, 0.717) is 6.07 Å². The van der Waals surface area contributed by atoms with Crippen LogP contribution in [0.5, 0.6) is 0 Å². The third-order valence-electron chi connectivity index (χ3n) is 1.62. The number of hydrogen-bond acceptors (Lipinski definition) is 2. The van der Waals surface area contributed by atoms with Crippen molar-refractivity contribution in [1.82, 2.24) is 0 Å². The van der Waals surface area contributed by atoms with Gasteiger partial charge in [0.2, 0.25) is 0 Å². The number of benzene rings is 1. The molecule has 0 saturated carbocycles. The van der Waals surface area contributed by atoms with Gasteiger partial charge in [0.25, 0.3) is 0 Å². The normalized spacial score (nSPS) is 13.0. The second-order valence-electron chi connectivity index (χ2n) is 2.54. The van der Waals surface area contributed by atoms with E-state index in [1.54, 1.807) is 0 Å². The molecule has 0 fully saturated rings. The fourth-order valence-electron chi connectivity index (χ4n) is 0.920. The molecule has 0 amide bonds. The average molecular weight is 252 g/mol. The molecule has 0 bridgehead atoms. The van der Waals surface area contributed by atoms with Crippen molar-refractivity contribution in [2.24, 2.45) is 5.73 Å². The summed E-state index contributed by atoms with van der Waals surface area (Å²) >= 11 is 2.88. The van der Waals surface area contributed by atoms with E-state index in [9.17, 15) is 13.9 Å². The van der Waals surface area contributed by atoms with Crippen LogP contribution in [0.1, 0.15) is 11.7 Å². The summed E-state index contributed by atoms with van der Waals surface area (Å²) in [7, 11) is 0. The Bertz CT molecular complexity index is 319. The van der Waals surface area contributed by atoms with Gasteiger partial charge in [0.1, 0.15) is 11.6 Å². The Morgan fingerprint density at radius 3 is 2.54 bits per heavy atom. The van der Waals surface area contributed by atoms with E-state index in [1.807, 2.05) is 0 Å². The quantitative estimate of drug-likeness (QED) is 0.787. The minimum absolute atomic E-state index is 0.00391. The molecule has 0 aliphatic heterocycles. The third kappa shape index (κ3) is 2.24. The van der Waals surface area contributed by atoms with Crippen molar-refractivity contribution in [2.75, 3.05) is 6.54 Å². The molecule has 1 unspecified atom stereocenters. The standard InChI is InChI=1S/C8H8BrF2NO/c9-5-1-4(8(13)3-12)6(10)2-7(5)11/h1-2,8,13H,3,12H2. The lowest BCUT2D eigenvalue weighted by Crippen LogP contribution is -2.13. The van der Waals surface area contributed by atoms with Crippen LogP contribution in [0.3, 0.4) is 0 Å². The first-order valence-electron chi connectivity index (χ1n) is 3.59. The van der Waals surface area contributed by atoms with Crippen LogP contribution in [0.15, 0.2) is 16.6 Å². The monoisotopic (exact) mass is 251 g/mol. The number of halogens is 3. The summed E-state index contributed by atoms with van der Waals surface area (Å²) < 4.78 is 25.8. The number of hydrogen-bond donors (Lipinski definition) is 2. The Balaban J connectivity index is 3.15. The number of nitrogens with two attached hydrogens (primary N) is 1. The Kier molecular flexibility index (Phi) is 3.35. The highest BCUT2D eigenvalue weighted by atomic mass is 79.9. The van der Waals surface area contributed by atoms with Crippen molar-refractivity contribution in [1.29, 1.82) is 0 Å². The van der Waals surface area contributed by atoms with Gasteiger partial charge in [-0.25, -0.2) is 8.78 Å². The Hall–Kier alpha value is -0.520. The zero-order chi connectivity index (χ0) is 10.0. The highest BCUT2D eigenvalue weighted by Crippen LogP contribution is 2.23. The zero-order valence-corrected chi connectivity index (χ0v) is 8.18. The third-order valence-corrected chi connectivity index (χ3v) is 2.23. The van der Waals surface area contributed by atoms with Crippen LogP contribution in [0.2, 0.25) is 0 Å². The van der Waals surface area contributed by atoms with Crippen LogP contribution in [0.4, 0.5) is 8.78 Å². The number of rotatable bonds is 2. The van der Waals surface area contributed by atoms with Crippen LogP contribution < -0.4 is 5.73 Å². The zero-order valence-electron chi connectivity index (χ0n) is 6.60. The molecule has 0 aliphatic rings. The van der Waals surface area contributed by atoms with Gasteiger partial charge >= 0.3 is 0 Å². The van der Waals surface area contributed by atoms with E-state index in [2.05, 4.69) is 15.9 Å². The molecule has 0 radical (unpaired) electrons. The smallest absolute Gasteiger partial charge is 0.140 e. The molecule has 2 nitrogen and oxygen atoms in total. The maximum Gasteiger partial charge on any atom is 0.140 e. The van der Waals surface area contributed by atoms with Gasteiger partial charge in [-0.15, -0.1) is 0 Å².